The van der Waals surface area contributed by atoms with Crippen molar-refractivity contribution >= 4 is 20.1 Å². The highest BCUT2D eigenvalue weighted by Crippen LogP contribution is 2.32. The predicted octanol–water partition coefficient (Wildman–Crippen LogP) is 1.78. The molecule has 0 saturated heterocycles. The van der Waals surface area contributed by atoms with Crippen molar-refractivity contribution < 1.29 is 38.3 Å². The van der Waals surface area contributed by atoms with Crippen LogP contribution in [0.3, 0.4) is 0 Å². The molecule has 11 heteroatoms. The van der Waals surface area contributed by atoms with E-state index in [0.717, 1.165) is 0 Å². The molecule has 0 unspecified atom stereocenters. The van der Waals surface area contributed by atoms with E-state index in [1.807, 2.05) is 0 Å². The molecule has 0 heterocycles. The third-order valence-corrected chi connectivity index (χ3v) is 4.10. The highest BCUT2D eigenvalue weighted by molar-refractivity contribution is 7.92. The number of hydrogen-bond donors (Lipinski definition) is 0. The molecule has 0 saturated carbocycles. The summed E-state index contributed by atoms with van der Waals surface area (Å²) >= 11 is 0. The lowest BCUT2D eigenvalue weighted by Gasteiger charge is -2.09. The minimum absolute atomic E-state index is 0.116. The molecule has 0 radical (unpaired) electrons. The van der Waals surface area contributed by atoms with E-state index >= 15 is 0 Å². The van der Waals surface area contributed by atoms with Crippen molar-refractivity contribution in [3.8, 4) is 0 Å². The van der Waals surface area contributed by atoms with Crippen LogP contribution in [0.2, 0.25) is 0 Å². The van der Waals surface area contributed by atoms with Gasteiger partial charge in [0.2, 0.25) is 0 Å². The van der Waals surface area contributed by atoms with Gasteiger partial charge in [0, 0.05) is 0 Å². The Kier molecular flexibility index (Phi) is 3.42. The van der Waals surface area contributed by atoms with E-state index in [2.05, 4.69) is 0 Å². The summed E-state index contributed by atoms with van der Waals surface area (Å²) in [5, 5.41) is 0. The Bertz CT molecular complexity index is 674. The van der Waals surface area contributed by atoms with E-state index in [9.17, 15) is 38.3 Å². The van der Waals surface area contributed by atoms with Crippen LogP contribution in [0.15, 0.2) is 28.0 Å². The first-order chi connectivity index (χ1) is 7.87. The van der Waals surface area contributed by atoms with Crippen molar-refractivity contribution in [2.45, 2.75) is 15.3 Å². The molecule has 0 fully saturated rings. The maximum atomic E-state index is 13.0. The van der Waals surface area contributed by atoms with E-state index in [-0.39, 0.29) is 12.1 Å². The largest absolute Gasteiger partial charge is 0.502 e. The van der Waals surface area contributed by atoms with Gasteiger partial charge in [-0.25, -0.2) is 12.8 Å². The summed E-state index contributed by atoms with van der Waals surface area (Å²) in [5.41, 5.74) is -5.83. The summed E-state index contributed by atoms with van der Waals surface area (Å²) in [4.78, 5) is -3.33. The molecule has 18 heavy (non-hydrogen) atoms. The lowest BCUT2D eigenvalue weighted by atomic mass is 10.3. The van der Waals surface area contributed by atoms with Gasteiger partial charge in [-0.05, 0) is 18.2 Å². The predicted molar refractivity (Wildman–Crippen MR) is 47.9 cm³/mol. The van der Waals surface area contributed by atoms with Gasteiger partial charge in [0.1, 0.15) is 10.7 Å². The average Bonchev–Trinajstić information content (AvgIpc) is 2.14. The van der Waals surface area contributed by atoms with Gasteiger partial charge in [-0.15, -0.1) is 3.89 Å². The number of alkyl halides is 3. The van der Waals surface area contributed by atoms with Crippen LogP contribution in [0.5, 0.6) is 0 Å². The quantitative estimate of drug-likeness (QED) is 0.617. The summed E-state index contributed by atoms with van der Waals surface area (Å²) in [5.74, 6) is -1.83. The molecule has 0 aliphatic rings. The van der Waals surface area contributed by atoms with Crippen molar-refractivity contribution in [1.82, 2.24) is 0 Å². The van der Waals surface area contributed by atoms with Crippen LogP contribution >= 0.6 is 0 Å². The third kappa shape index (κ3) is 2.61. The second kappa shape index (κ2) is 4.16. The van der Waals surface area contributed by atoms with Gasteiger partial charge >= 0.3 is 15.7 Å². The monoisotopic (exact) mass is 310 g/mol. The number of hydrogen-bond acceptors (Lipinski definition) is 4. The Hall–Kier alpha value is -1.23. The molecule has 1 rings (SSSR count). The molecule has 0 aliphatic heterocycles. The van der Waals surface area contributed by atoms with Gasteiger partial charge in [-0.3, -0.25) is 0 Å². The number of benzene rings is 1. The van der Waals surface area contributed by atoms with Crippen LogP contribution in [0.4, 0.5) is 21.4 Å². The molecule has 4 nitrogen and oxygen atoms in total. The first-order valence-electron chi connectivity index (χ1n) is 3.93. The summed E-state index contributed by atoms with van der Waals surface area (Å²) in [6, 6.07) is 0.193. The zero-order valence-corrected chi connectivity index (χ0v) is 9.70. The minimum atomic E-state index is -6.10. The summed E-state index contributed by atoms with van der Waals surface area (Å²) in [7, 11) is -11.5. The zero-order valence-electron chi connectivity index (χ0n) is 8.07. The van der Waals surface area contributed by atoms with Crippen molar-refractivity contribution in [3.63, 3.8) is 0 Å². The Morgan fingerprint density at radius 2 is 1.50 bits per heavy atom. The Morgan fingerprint density at radius 3 is 1.89 bits per heavy atom. The molecule has 1 aromatic carbocycles. The van der Waals surface area contributed by atoms with Crippen LogP contribution in [0.1, 0.15) is 0 Å². The molecular formula is C7H3F5O4S2. The van der Waals surface area contributed by atoms with Crippen LogP contribution < -0.4 is 0 Å². The number of halogens is 5. The fourth-order valence-electron chi connectivity index (χ4n) is 0.966. The first-order valence-corrected chi connectivity index (χ1v) is 6.79. The van der Waals surface area contributed by atoms with E-state index in [1.54, 1.807) is 0 Å². The molecule has 0 bridgehead atoms. The van der Waals surface area contributed by atoms with Gasteiger partial charge in [0.05, 0.1) is 4.90 Å². The highest BCUT2D eigenvalue weighted by atomic mass is 32.3. The van der Waals surface area contributed by atoms with Gasteiger partial charge in [-0.2, -0.15) is 21.6 Å². The maximum absolute atomic E-state index is 13.0. The second-order valence-corrected chi connectivity index (χ2v) is 6.24. The van der Waals surface area contributed by atoms with Crippen molar-refractivity contribution in [1.29, 1.82) is 0 Å². The molecule has 102 valence electrons. The molecule has 0 amide bonds. The number of rotatable bonds is 2. The minimum Gasteiger partial charge on any atom is -0.214 e. The Morgan fingerprint density at radius 1 is 1.00 bits per heavy atom. The molecule has 0 N–H and O–H groups in total. The highest BCUT2D eigenvalue weighted by Gasteiger charge is 2.48. The lowest BCUT2D eigenvalue weighted by molar-refractivity contribution is -0.0437. The van der Waals surface area contributed by atoms with E-state index in [1.165, 1.54) is 0 Å². The fourth-order valence-corrected chi connectivity index (χ4v) is 2.39. The SMILES string of the molecule is O=S(=O)(F)c1ccc(F)c(S(=O)(=O)C(F)(F)F)c1. The summed E-state index contributed by atoms with van der Waals surface area (Å²) in [6.07, 6.45) is 0. The van der Waals surface area contributed by atoms with E-state index < -0.39 is 41.2 Å². The third-order valence-electron chi connectivity index (χ3n) is 1.78. The second-order valence-electron chi connectivity index (χ2n) is 2.98. The topological polar surface area (TPSA) is 68.3 Å². The van der Waals surface area contributed by atoms with Gasteiger partial charge in [0.25, 0.3) is 9.84 Å². The molecule has 0 atom stereocenters. The standard InChI is InChI=1S/C7H3F5O4S2/c8-5-2-1-4(18(12,15)16)3-6(5)17(13,14)7(9,10)11/h1-3H. The van der Waals surface area contributed by atoms with E-state index in [0.29, 0.717) is 6.07 Å². The van der Waals surface area contributed by atoms with Crippen molar-refractivity contribution in [2.75, 3.05) is 0 Å². The fraction of sp³-hybridized carbons (Fsp3) is 0.143. The average molecular weight is 310 g/mol. The van der Waals surface area contributed by atoms with Crippen LogP contribution in [0, 0.1) is 5.82 Å². The van der Waals surface area contributed by atoms with Crippen LogP contribution in [-0.4, -0.2) is 22.3 Å². The van der Waals surface area contributed by atoms with Gasteiger partial charge in [-0.1, -0.05) is 0 Å². The molecule has 0 aromatic heterocycles. The van der Waals surface area contributed by atoms with Crippen LogP contribution in [0.25, 0.3) is 0 Å². The lowest BCUT2D eigenvalue weighted by Crippen LogP contribution is -2.24. The molecule has 0 aliphatic carbocycles. The Balaban J connectivity index is 3.63. The molecule has 1 aromatic rings. The summed E-state index contributed by atoms with van der Waals surface area (Å²) in [6.45, 7) is 0. The van der Waals surface area contributed by atoms with E-state index in [4.69, 9.17) is 0 Å². The van der Waals surface area contributed by atoms with Crippen molar-refractivity contribution in [2.24, 2.45) is 0 Å². The normalized spacial score (nSPS) is 13.6. The first kappa shape index (κ1) is 14.8. The van der Waals surface area contributed by atoms with Gasteiger partial charge < -0.3 is 0 Å². The van der Waals surface area contributed by atoms with Crippen molar-refractivity contribution in [3.05, 3.63) is 24.0 Å². The van der Waals surface area contributed by atoms with Gasteiger partial charge in [0.15, 0.2) is 0 Å². The smallest absolute Gasteiger partial charge is 0.214 e. The van der Waals surface area contributed by atoms with Crippen LogP contribution in [-0.2, 0) is 20.1 Å². The maximum Gasteiger partial charge on any atom is 0.502 e. The Labute approximate surface area is 98.2 Å². The zero-order chi connectivity index (χ0) is 14.4. The molecular weight excluding hydrogens is 307 g/mol. The summed E-state index contributed by atoms with van der Waals surface area (Å²) < 4.78 is 104. The number of sulfone groups is 1. The molecule has 0 spiro atoms.